The van der Waals surface area contributed by atoms with Crippen molar-refractivity contribution in [2.75, 3.05) is 0 Å². The predicted octanol–water partition coefficient (Wildman–Crippen LogP) is 2.81. The summed E-state index contributed by atoms with van der Waals surface area (Å²) < 4.78 is 0. The van der Waals surface area contributed by atoms with Crippen molar-refractivity contribution >= 4 is 0 Å². The van der Waals surface area contributed by atoms with E-state index in [2.05, 4.69) is 33.8 Å². The molecule has 0 aliphatic rings. The summed E-state index contributed by atoms with van der Waals surface area (Å²) in [6.45, 7) is 10.2. The van der Waals surface area contributed by atoms with E-state index in [4.69, 9.17) is 0 Å². The second-order valence-electron chi connectivity index (χ2n) is 2.28. The highest BCUT2D eigenvalue weighted by atomic mass is 14.0. The molecular weight excluding hydrogens is 96.1 g/mol. The summed E-state index contributed by atoms with van der Waals surface area (Å²) >= 11 is 0. The molecule has 8 heavy (non-hydrogen) atoms. The van der Waals surface area contributed by atoms with E-state index in [0.717, 1.165) is 6.42 Å². The van der Waals surface area contributed by atoms with E-state index in [0.29, 0.717) is 5.92 Å². The van der Waals surface area contributed by atoms with Crippen LogP contribution in [0.15, 0.2) is 12.2 Å². The minimum Gasteiger partial charge on any atom is -0.0999 e. The Morgan fingerprint density at radius 2 is 2.25 bits per heavy atom. The summed E-state index contributed by atoms with van der Waals surface area (Å²) in [5.41, 5.74) is 1.26. The average Bonchev–Trinajstić information content (AvgIpc) is 1.67. The monoisotopic (exact) mass is 111 g/mol. The van der Waals surface area contributed by atoms with E-state index < -0.39 is 0 Å². The molecule has 0 bridgehead atoms. The van der Waals surface area contributed by atoms with Crippen LogP contribution in [-0.2, 0) is 0 Å². The Bertz CT molecular complexity index is 72.1. The van der Waals surface area contributed by atoms with Crippen LogP contribution in [0.25, 0.3) is 0 Å². The van der Waals surface area contributed by atoms with Crippen molar-refractivity contribution in [1.82, 2.24) is 0 Å². The molecule has 0 saturated heterocycles. The van der Waals surface area contributed by atoms with Crippen LogP contribution in [0.5, 0.6) is 0 Å². The summed E-state index contributed by atoms with van der Waals surface area (Å²) in [4.78, 5) is 0. The first-order chi connectivity index (χ1) is 3.68. The third-order valence-electron chi connectivity index (χ3n) is 1.37. The zero-order valence-corrected chi connectivity index (χ0v) is 6.07. The van der Waals surface area contributed by atoms with E-state index in [-0.39, 0.29) is 0 Å². The van der Waals surface area contributed by atoms with Gasteiger partial charge in [-0.1, -0.05) is 32.4 Å². The molecule has 0 aromatic heterocycles. The van der Waals surface area contributed by atoms with Crippen LogP contribution in [0, 0.1) is 12.3 Å². The predicted molar refractivity (Wildman–Crippen MR) is 38.6 cm³/mol. The molecule has 0 rings (SSSR count). The van der Waals surface area contributed by atoms with E-state index in [1.807, 2.05) is 0 Å². The van der Waals surface area contributed by atoms with Gasteiger partial charge in [-0.25, -0.2) is 0 Å². The molecule has 0 fully saturated rings. The molecule has 0 heteroatoms. The molecule has 0 aliphatic heterocycles. The molecular formula is C8H15. The summed E-state index contributed by atoms with van der Waals surface area (Å²) in [7, 11) is 0. The van der Waals surface area contributed by atoms with Gasteiger partial charge < -0.3 is 0 Å². The Kier molecular flexibility index (Phi) is 3.59. The SMILES string of the molecule is C=C(C)C(C)[CH]CC. The molecule has 0 spiro atoms. The number of rotatable bonds is 3. The maximum Gasteiger partial charge on any atom is -0.0206 e. The Hall–Kier alpha value is -0.260. The van der Waals surface area contributed by atoms with Crippen molar-refractivity contribution in [3.8, 4) is 0 Å². The van der Waals surface area contributed by atoms with Gasteiger partial charge in [-0.05, 0) is 19.3 Å². The van der Waals surface area contributed by atoms with Crippen LogP contribution >= 0.6 is 0 Å². The molecule has 1 unspecified atom stereocenters. The lowest BCUT2D eigenvalue weighted by Crippen LogP contribution is -1.93. The van der Waals surface area contributed by atoms with Crippen LogP contribution in [0.2, 0.25) is 0 Å². The highest BCUT2D eigenvalue weighted by Crippen LogP contribution is 2.11. The van der Waals surface area contributed by atoms with Crippen molar-refractivity contribution in [2.24, 2.45) is 5.92 Å². The highest BCUT2D eigenvalue weighted by Gasteiger charge is 1.98. The van der Waals surface area contributed by atoms with Crippen molar-refractivity contribution in [2.45, 2.75) is 27.2 Å². The van der Waals surface area contributed by atoms with Crippen molar-refractivity contribution in [1.29, 1.82) is 0 Å². The molecule has 47 valence electrons. The van der Waals surface area contributed by atoms with Crippen molar-refractivity contribution in [3.05, 3.63) is 18.6 Å². The van der Waals surface area contributed by atoms with Gasteiger partial charge in [0, 0.05) is 0 Å². The molecule has 0 heterocycles. The summed E-state index contributed by atoms with van der Waals surface area (Å²) in [5.74, 6) is 0.597. The topological polar surface area (TPSA) is 0 Å². The van der Waals surface area contributed by atoms with Crippen LogP contribution < -0.4 is 0 Å². The minimum absolute atomic E-state index is 0.597. The van der Waals surface area contributed by atoms with Gasteiger partial charge in [0.15, 0.2) is 0 Å². The minimum atomic E-state index is 0.597. The second kappa shape index (κ2) is 3.71. The van der Waals surface area contributed by atoms with Crippen LogP contribution in [0.1, 0.15) is 27.2 Å². The van der Waals surface area contributed by atoms with Gasteiger partial charge >= 0.3 is 0 Å². The highest BCUT2D eigenvalue weighted by molar-refractivity contribution is 4.99. The molecule has 1 atom stereocenters. The van der Waals surface area contributed by atoms with Gasteiger partial charge in [0.05, 0.1) is 0 Å². The van der Waals surface area contributed by atoms with E-state index in [9.17, 15) is 0 Å². The standard InChI is InChI=1S/C8H15/c1-5-6-8(4)7(2)3/h6,8H,2,5H2,1,3-4H3. The lowest BCUT2D eigenvalue weighted by molar-refractivity contribution is 0.754. The molecule has 0 aliphatic carbocycles. The Balaban J connectivity index is 3.32. The molecule has 0 aromatic carbocycles. The van der Waals surface area contributed by atoms with E-state index in [1.54, 1.807) is 0 Å². The molecule has 0 N–H and O–H groups in total. The fourth-order valence-electron chi connectivity index (χ4n) is 0.555. The zero-order chi connectivity index (χ0) is 6.57. The maximum absolute atomic E-state index is 3.84. The Morgan fingerprint density at radius 3 is 2.38 bits per heavy atom. The first-order valence-electron chi connectivity index (χ1n) is 3.17. The fourth-order valence-corrected chi connectivity index (χ4v) is 0.555. The summed E-state index contributed by atoms with van der Waals surface area (Å²) in [6.07, 6.45) is 3.41. The summed E-state index contributed by atoms with van der Waals surface area (Å²) in [6, 6.07) is 0. The first-order valence-corrected chi connectivity index (χ1v) is 3.17. The van der Waals surface area contributed by atoms with Crippen molar-refractivity contribution < 1.29 is 0 Å². The van der Waals surface area contributed by atoms with Gasteiger partial charge in [-0.3, -0.25) is 0 Å². The quantitative estimate of drug-likeness (QED) is 0.491. The molecule has 1 radical (unpaired) electrons. The number of allylic oxidation sites excluding steroid dienone is 1. The lowest BCUT2D eigenvalue weighted by atomic mass is 10.00. The maximum atomic E-state index is 3.84. The first kappa shape index (κ1) is 7.74. The number of hydrogen-bond acceptors (Lipinski definition) is 0. The third kappa shape index (κ3) is 2.84. The zero-order valence-electron chi connectivity index (χ0n) is 6.07. The Morgan fingerprint density at radius 1 is 1.75 bits per heavy atom. The molecule has 0 nitrogen and oxygen atoms in total. The van der Waals surface area contributed by atoms with Crippen molar-refractivity contribution in [3.63, 3.8) is 0 Å². The van der Waals surface area contributed by atoms with Gasteiger partial charge in [0.2, 0.25) is 0 Å². The molecule has 0 saturated carbocycles. The van der Waals surface area contributed by atoms with Gasteiger partial charge in [0.1, 0.15) is 0 Å². The second-order valence-corrected chi connectivity index (χ2v) is 2.28. The summed E-state index contributed by atoms with van der Waals surface area (Å²) in [5, 5.41) is 0. The lowest BCUT2D eigenvalue weighted by Gasteiger charge is -2.06. The van der Waals surface area contributed by atoms with Crippen LogP contribution in [0.4, 0.5) is 0 Å². The Labute approximate surface area is 52.6 Å². The normalized spacial score (nSPS) is 13.4. The molecule has 0 aromatic rings. The van der Waals surface area contributed by atoms with Gasteiger partial charge in [-0.15, -0.1) is 0 Å². The van der Waals surface area contributed by atoms with Gasteiger partial charge in [-0.2, -0.15) is 0 Å². The van der Waals surface area contributed by atoms with Crippen LogP contribution in [-0.4, -0.2) is 0 Å². The molecule has 0 amide bonds. The van der Waals surface area contributed by atoms with E-state index >= 15 is 0 Å². The smallest absolute Gasteiger partial charge is 0.0206 e. The average molecular weight is 111 g/mol. The largest absolute Gasteiger partial charge is 0.0999 e. The fraction of sp³-hybridized carbons (Fsp3) is 0.625. The number of hydrogen-bond donors (Lipinski definition) is 0. The van der Waals surface area contributed by atoms with Crippen LogP contribution in [0.3, 0.4) is 0 Å². The van der Waals surface area contributed by atoms with Gasteiger partial charge in [0.25, 0.3) is 0 Å². The third-order valence-corrected chi connectivity index (χ3v) is 1.37. The van der Waals surface area contributed by atoms with E-state index in [1.165, 1.54) is 5.57 Å².